The molecule has 4 heteroatoms. The molecular weight excluding hydrogens is 218 g/mol. The number of methoxy groups -OCH3 is 1. The van der Waals surface area contributed by atoms with Crippen LogP contribution in [0.2, 0.25) is 0 Å². The lowest BCUT2D eigenvalue weighted by Gasteiger charge is -2.10. The zero-order valence-corrected chi connectivity index (χ0v) is 9.55. The summed E-state index contributed by atoms with van der Waals surface area (Å²) in [6, 6.07) is 9.18. The standard InChI is InChI=1S/C13H13NO3/c1-3-13(15)17-12(9-14)8-10-5-4-6-11(7-10)16-2/h3-7,12H,1,8H2,2H3. The van der Waals surface area contributed by atoms with Gasteiger partial charge < -0.3 is 9.47 Å². The molecule has 0 aromatic heterocycles. The van der Waals surface area contributed by atoms with Gasteiger partial charge in [-0.05, 0) is 17.7 Å². The van der Waals surface area contributed by atoms with E-state index < -0.39 is 12.1 Å². The Labute approximate surface area is 100 Å². The van der Waals surface area contributed by atoms with E-state index in [0.29, 0.717) is 12.2 Å². The molecule has 17 heavy (non-hydrogen) atoms. The lowest BCUT2D eigenvalue weighted by molar-refractivity contribution is -0.140. The third kappa shape index (κ3) is 3.99. The molecule has 0 fully saturated rings. The molecule has 88 valence electrons. The molecule has 0 aliphatic rings. The van der Waals surface area contributed by atoms with Crippen LogP contribution in [-0.4, -0.2) is 19.2 Å². The van der Waals surface area contributed by atoms with Crippen LogP contribution in [-0.2, 0) is 16.0 Å². The Balaban J connectivity index is 2.70. The highest BCUT2D eigenvalue weighted by Gasteiger charge is 2.12. The first kappa shape index (κ1) is 12.8. The molecule has 1 unspecified atom stereocenters. The van der Waals surface area contributed by atoms with Crippen molar-refractivity contribution in [2.45, 2.75) is 12.5 Å². The number of esters is 1. The second kappa shape index (κ2) is 6.33. The summed E-state index contributed by atoms with van der Waals surface area (Å²) in [6.07, 6.45) is 0.552. The van der Waals surface area contributed by atoms with Crippen LogP contribution in [0.5, 0.6) is 5.75 Å². The number of carbonyl (C=O) groups is 1. The molecule has 4 nitrogen and oxygen atoms in total. The molecule has 1 atom stereocenters. The monoisotopic (exact) mass is 231 g/mol. The van der Waals surface area contributed by atoms with Crippen LogP contribution in [0.25, 0.3) is 0 Å². The van der Waals surface area contributed by atoms with Gasteiger partial charge >= 0.3 is 5.97 Å². The molecule has 1 aromatic carbocycles. The highest BCUT2D eigenvalue weighted by molar-refractivity contribution is 5.81. The van der Waals surface area contributed by atoms with Crippen molar-refractivity contribution in [3.05, 3.63) is 42.5 Å². The summed E-state index contributed by atoms with van der Waals surface area (Å²) in [6.45, 7) is 3.28. The van der Waals surface area contributed by atoms with Gasteiger partial charge in [-0.3, -0.25) is 0 Å². The van der Waals surface area contributed by atoms with Crippen LogP contribution in [0.1, 0.15) is 5.56 Å². The predicted octanol–water partition coefficient (Wildman–Crippen LogP) is 1.86. The first-order chi connectivity index (χ1) is 8.19. The predicted molar refractivity (Wildman–Crippen MR) is 62.4 cm³/mol. The molecule has 0 heterocycles. The molecule has 1 rings (SSSR count). The number of hydrogen-bond acceptors (Lipinski definition) is 4. The summed E-state index contributed by atoms with van der Waals surface area (Å²) in [5.41, 5.74) is 0.868. The van der Waals surface area contributed by atoms with Crippen LogP contribution < -0.4 is 4.74 Å². The zero-order chi connectivity index (χ0) is 12.7. The Morgan fingerprint density at radius 2 is 2.41 bits per heavy atom. The van der Waals surface area contributed by atoms with E-state index in [9.17, 15) is 4.79 Å². The second-order valence-corrected chi connectivity index (χ2v) is 3.31. The van der Waals surface area contributed by atoms with E-state index in [1.807, 2.05) is 18.2 Å². The fourth-order valence-electron chi connectivity index (χ4n) is 1.32. The summed E-state index contributed by atoms with van der Waals surface area (Å²) < 4.78 is 9.93. The first-order valence-corrected chi connectivity index (χ1v) is 5.05. The van der Waals surface area contributed by atoms with Gasteiger partial charge in [-0.25, -0.2) is 4.79 Å². The SMILES string of the molecule is C=CC(=O)OC(C#N)Cc1cccc(OC)c1. The maximum Gasteiger partial charge on any atom is 0.331 e. The average molecular weight is 231 g/mol. The van der Waals surface area contributed by atoms with Crippen LogP contribution >= 0.6 is 0 Å². The van der Waals surface area contributed by atoms with Crippen molar-refractivity contribution in [3.63, 3.8) is 0 Å². The Bertz CT molecular complexity index is 448. The van der Waals surface area contributed by atoms with Gasteiger partial charge in [0.1, 0.15) is 11.8 Å². The van der Waals surface area contributed by atoms with Gasteiger partial charge in [-0.2, -0.15) is 5.26 Å². The number of nitrogens with zero attached hydrogens (tertiary/aromatic N) is 1. The smallest absolute Gasteiger partial charge is 0.331 e. The lowest BCUT2D eigenvalue weighted by Crippen LogP contribution is -2.17. The van der Waals surface area contributed by atoms with Gasteiger partial charge in [0, 0.05) is 12.5 Å². The topological polar surface area (TPSA) is 59.3 Å². The van der Waals surface area contributed by atoms with Crippen molar-refractivity contribution in [1.82, 2.24) is 0 Å². The molecule has 0 N–H and O–H groups in total. The Morgan fingerprint density at radius 3 is 3.00 bits per heavy atom. The maximum atomic E-state index is 11.0. The van der Waals surface area contributed by atoms with Gasteiger partial charge in [0.2, 0.25) is 0 Å². The van der Waals surface area contributed by atoms with E-state index >= 15 is 0 Å². The van der Waals surface area contributed by atoms with E-state index in [-0.39, 0.29) is 0 Å². The molecule has 0 saturated carbocycles. The van der Waals surface area contributed by atoms with Crippen LogP contribution in [0.3, 0.4) is 0 Å². The normalized spacial score (nSPS) is 11.1. The minimum Gasteiger partial charge on any atom is -0.497 e. The van der Waals surface area contributed by atoms with E-state index in [1.165, 1.54) is 0 Å². The summed E-state index contributed by atoms with van der Waals surface area (Å²) >= 11 is 0. The molecule has 0 aliphatic carbocycles. The molecular formula is C13H13NO3. The fourth-order valence-corrected chi connectivity index (χ4v) is 1.32. The number of carbonyl (C=O) groups excluding carboxylic acids is 1. The molecule has 0 saturated heterocycles. The Kier molecular flexibility index (Phi) is 4.77. The molecule has 1 aromatic rings. The number of rotatable bonds is 5. The summed E-state index contributed by atoms with van der Waals surface area (Å²) in [5.74, 6) is 0.105. The molecule has 0 radical (unpaired) electrons. The van der Waals surface area contributed by atoms with E-state index in [0.717, 1.165) is 11.6 Å². The maximum absolute atomic E-state index is 11.0. The Hall–Kier alpha value is -2.28. The molecule has 0 amide bonds. The van der Waals surface area contributed by atoms with Crippen LogP contribution in [0, 0.1) is 11.3 Å². The summed E-state index contributed by atoms with van der Waals surface area (Å²) in [5, 5.41) is 8.87. The number of ether oxygens (including phenoxy) is 2. The van der Waals surface area contributed by atoms with Gasteiger partial charge in [-0.1, -0.05) is 18.7 Å². The Morgan fingerprint density at radius 1 is 1.65 bits per heavy atom. The molecule has 0 bridgehead atoms. The van der Waals surface area contributed by atoms with E-state index in [1.54, 1.807) is 19.2 Å². The van der Waals surface area contributed by atoms with Crippen LogP contribution in [0.15, 0.2) is 36.9 Å². The highest BCUT2D eigenvalue weighted by Crippen LogP contribution is 2.14. The van der Waals surface area contributed by atoms with E-state index in [2.05, 4.69) is 6.58 Å². The third-order valence-electron chi connectivity index (χ3n) is 2.12. The van der Waals surface area contributed by atoms with Gasteiger partial charge in [0.05, 0.1) is 7.11 Å². The average Bonchev–Trinajstić information content (AvgIpc) is 2.37. The minimum atomic E-state index is -0.812. The lowest BCUT2D eigenvalue weighted by atomic mass is 10.1. The minimum absolute atomic E-state index is 0.327. The number of hydrogen-bond donors (Lipinski definition) is 0. The summed E-state index contributed by atoms with van der Waals surface area (Å²) in [7, 11) is 1.57. The van der Waals surface area contributed by atoms with Crippen molar-refractivity contribution >= 4 is 5.97 Å². The third-order valence-corrected chi connectivity index (χ3v) is 2.12. The van der Waals surface area contributed by atoms with Gasteiger partial charge in [0.25, 0.3) is 0 Å². The van der Waals surface area contributed by atoms with Gasteiger partial charge in [-0.15, -0.1) is 0 Å². The molecule has 0 aliphatic heterocycles. The number of nitriles is 1. The van der Waals surface area contributed by atoms with Crippen molar-refractivity contribution < 1.29 is 14.3 Å². The van der Waals surface area contributed by atoms with Crippen molar-refractivity contribution in [2.24, 2.45) is 0 Å². The second-order valence-electron chi connectivity index (χ2n) is 3.31. The van der Waals surface area contributed by atoms with Gasteiger partial charge in [0.15, 0.2) is 6.10 Å². The highest BCUT2D eigenvalue weighted by atomic mass is 16.5. The van der Waals surface area contributed by atoms with E-state index in [4.69, 9.17) is 14.7 Å². The van der Waals surface area contributed by atoms with Crippen molar-refractivity contribution in [2.75, 3.05) is 7.11 Å². The largest absolute Gasteiger partial charge is 0.497 e. The summed E-state index contributed by atoms with van der Waals surface area (Å²) in [4.78, 5) is 11.0. The zero-order valence-electron chi connectivity index (χ0n) is 9.55. The number of benzene rings is 1. The first-order valence-electron chi connectivity index (χ1n) is 5.05. The quantitative estimate of drug-likeness (QED) is 0.573. The molecule has 0 spiro atoms. The van der Waals surface area contributed by atoms with Crippen LogP contribution in [0.4, 0.5) is 0 Å². The van der Waals surface area contributed by atoms with Crippen molar-refractivity contribution in [3.8, 4) is 11.8 Å². The van der Waals surface area contributed by atoms with Crippen molar-refractivity contribution in [1.29, 1.82) is 5.26 Å². The fraction of sp³-hybridized carbons (Fsp3) is 0.231.